The van der Waals surface area contributed by atoms with E-state index < -0.39 is 0 Å². The first-order chi connectivity index (χ1) is 6.63. The average molecular weight is 324 g/mol. The van der Waals surface area contributed by atoms with E-state index in [9.17, 15) is 4.39 Å². The molecular formula is C10H9Br2FO. The summed E-state index contributed by atoms with van der Waals surface area (Å²) in [6.07, 6.45) is 1.85. The fourth-order valence-corrected chi connectivity index (χ4v) is 1.61. The molecule has 1 nitrogen and oxygen atoms in total. The minimum Gasteiger partial charge on any atom is -0.380 e. The van der Waals surface area contributed by atoms with Crippen molar-refractivity contribution in [1.82, 2.24) is 0 Å². The molecular weight excluding hydrogens is 315 g/mol. The van der Waals surface area contributed by atoms with Crippen LogP contribution in [-0.2, 0) is 11.3 Å². The number of ether oxygens (including phenoxy) is 1. The van der Waals surface area contributed by atoms with Crippen molar-refractivity contribution in [2.75, 3.05) is 7.11 Å². The molecule has 0 aliphatic heterocycles. The number of hydrogen-bond donors (Lipinski definition) is 0. The van der Waals surface area contributed by atoms with E-state index in [-0.39, 0.29) is 5.82 Å². The molecule has 0 fully saturated rings. The molecule has 0 saturated heterocycles. The summed E-state index contributed by atoms with van der Waals surface area (Å²) in [4.78, 5) is 0. The van der Waals surface area contributed by atoms with Crippen molar-refractivity contribution in [2.24, 2.45) is 0 Å². The van der Waals surface area contributed by atoms with Crippen LogP contribution in [0.25, 0.3) is 6.08 Å². The molecule has 0 aliphatic rings. The first-order valence-electron chi connectivity index (χ1n) is 3.93. The summed E-state index contributed by atoms with van der Waals surface area (Å²) < 4.78 is 18.7. The summed E-state index contributed by atoms with van der Waals surface area (Å²) in [6, 6.07) is 4.61. The highest BCUT2D eigenvalue weighted by Gasteiger charge is 2.02. The molecule has 0 saturated carbocycles. The van der Waals surface area contributed by atoms with Gasteiger partial charge in [0.1, 0.15) is 5.82 Å². The van der Waals surface area contributed by atoms with Crippen LogP contribution < -0.4 is 0 Å². The van der Waals surface area contributed by atoms with Crippen molar-refractivity contribution in [2.45, 2.75) is 6.61 Å². The maximum Gasteiger partial charge on any atom is 0.123 e. The lowest BCUT2D eigenvalue weighted by Gasteiger charge is -2.04. The highest BCUT2D eigenvalue weighted by Crippen LogP contribution is 2.21. The van der Waals surface area contributed by atoms with E-state index in [2.05, 4.69) is 31.9 Å². The zero-order chi connectivity index (χ0) is 10.6. The standard InChI is InChI=1S/C10H9Br2FO/c1-14-6-8-4-9(13)3-2-7(8)5-10(11)12/h2-5H,6H2,1H3. The van der Waals surface area contributed by atoms with Crippen LogP contribution in [0.2, 0.25) is 0 Å². The van der Waals surface area contributed by atoms with Crippen molar-refractivity contribution in [3.63, 3.8) is 0 Å². The van der Waals surface area contributed by atoms with Gasteiger partial charge in [-0.05, 0) is 61.2 Å². The van der Waals surface area contributed by atoms with Gasteiger partial charge in [0.05, 0.1) is 10.00 Å². The van der Waals surface area contributed by atoms with Crippen LogP contribution >= 0.6 is 31.9 Å². The summed E-state index contributed by atoms with van der Waals surface area (Å²) in [5.74, 6) is -0.250. The second-order valence-electron chi connectivity index (χ2n) is 2.71. The van der Waals surface area contributed by atoms with Gasteiger partial charge in [-0.15, -0.1) is 0 Å². The van der Waals surface area contributed by atoms with E-state index in [4.69, 9.17) is 4.74 Å². The molecule has 0 atom stereocenters. The summed E-state index contributed by atoms with van der Waals surface area (Å²) in [5, 5.41) is 0. The molecule has 0 spiro atoms. The molecule has 0 bridgehead atoms. The average Bonchev–Trinajstić information content (AvgIpc) is 2.09. The van der Waals surface area contributed by atoms with Crippen molar-refractivity contribution < 1.29 is 9.13 Å². The third-order valence-electron chi connectivity index (χ3n) is 1.67. The molecule has 14 heavy (non-hydrogen) atoms. The summed E-state index contributed by atoms with van der Waals surface area (Å²) in [7, 11) is 1.58. The monoisotopic (exact) mass is 322 g/mol. The van der Waals surface area contributed by atoms with Crippen molar-refractivity contribution in [3.05, 3.63) is 38.5 Å². The van der Waals surface area contributed by atoms with Crippen LogP contribution in [0.5, 0.6) is 0 Å². The van der Waals surface area contributed by atoms with Crippen LogP contribution in [-0.4, -0.2) is 7.11 Å². The Bertz CT molecular complexity index is 346. The Balaban J connectivity index is 3.08. The van der Waals surface area contributed by atoms with Gasteiger partial charge in [-0.25, -0.2) is 4.39 Å². The predicted octanol–water partition coefficient (Wildman–Crippen LogP) is 4.06. The number of hydrogen-bond acceptors (Lipinski definition) is 1. The van der Waals surface area contributed by atoms with Crippen LogP contribution in [0.15, 0.2) is 21.6 Å². The van der Waals surface area contributed by atoms with E-state index in [0.29, 0.717) is 6.61 Å². The maximum absolute atomic E-state index is 12.9. The van der Waals surface area contributed by atoms with E-state index in [1.54, 1.807) is 13.2 Å². The molecule has 0 unspecified atom stereocenters. The van der Waals surface area contributed by atoms with Gasteiger partial charge >= 0.3 is 0 Å². The fourth-order valence-electron chi connectivity index (χ4n) is 1.11. The molecule has 1 aromatic carbocycles. The minimum atomic E-state index is -0.250. The van der Waals surface area contributed by atoms with Gasteiger partial charge in [-0.1, -0.05) is 6.07 Å². The van der Waals surface area contributed by atoms with Gasteiger partial charge in [-0.2, -0.15) is 0 Å². The Hall–Kier alpha value is -0.190. The summed E-state index contributed by atoms with van der Waals surface area (Å²) in [6.45, 7) is 0.400. The molecule has 76 valence electrons. The summed E-state index contributed by atoms with van der Waals surface area (Å²) in [5.41, 5.74) is 1.75. The zero-order valence-electron chi connectivity index (χ0n) is 7.56. The van der Waals surface area contributed by atoms with E-state index in [1.807, 2.05) is 6.08 Å². The second kappa shape index (κ2) is 5.63. The van der Waals surface area contributed by atoms with Gasteiger partial charge in [0.2, 0.25) is 0 Å². The van der Waals surface area contributed by atoms with Crippen molar-refractivity contribution in [3.8, 4) is 0 Å². The van der Waals surface area contributed by atoms with Gasteiger partial charge in [0.25, 0.3) is 0 Å². The first kappa shape index (κ1) is 11.9. The predicted molar refractivity (Wildman–Crippen MR) is 62.9 cm³/mol. The lowest BCUT2D eigenvalue weighted by atomic mass is 10.1. The number of methoxy groups -OCH3 is 1. The molecule has 0 radical (unpaired) electrons. The maximum atomic E-state index is 12.9. The molecule has 0 aliphatic carbocycles. The highest BCUT2D eigenvalue weighted by molar-refractivity contribution is 9.28. The second-order valence-corrected chi connectivity index (χ2v) is 5.48. The van der Waals surface area contributed by atoms with Crippen LogP contribution in [0.3, 0.4) is 0 Å². The third-order valence-corrected chi connectivity index (χ3v) is 2.13. The molecule has 0 amide bonds. The Morgan fingerprint density at radius 1 is 1.50 bits per heavy atom. The van der Waals surface area contributed by atoms with Crippen LogP contribution in [0, 0.1) is 5.82 Å². The molecule has 1 rings (SSSR count). The number of benzene rings is 1. The fraction of sp³-hybridized carbons (Fsp3) is 0.200. The third kappa shape index (κ3) is 3.52. The smallest absolute Gasteiger partial charge is 0.123 e. The SMILES string of the molecule is COCc1cc(F)ccc1C=C(Br)Br. The highest BCUT2D eigenvalue weighted by atomic mass is 79.9. The number of halogens is 3. The Morgan fingerprint density at radius 3 is 2.79 bits per heavy atom. The summed E-state index contributed by atoms with van der Waals surface area (Å²) >= 11 is 6.52. The normalized spacial score (nSPS) is 10.0. The first-order valence-corrected chi connectivity index (χ1v) is 5.52. The molecule has 4 heteroatoms. The Morgan fingerprint density at radius 2 is 2.21 bits per heavy atom. The van der Waals surface area contributed by atoms with Crippen LogP contribution in [0.4, 0.5) is 4.39 Å². The van der Waals surface area contributed by atoms with Gasteiger partial charge in [0, 0.05) is 7.11 Å². The van der Waals surface area contributed by atoms with Gasteiger partial charge < -0.3 is 4.74 Å². The molecule has 0 heterocycles. The van der Waals surface area contributed by atoms with Crippen molar-refractivity contribution >= 4 is 37.9 Å². The quantitative estimate of drug-likeness (QED) is 0.815. The molecule has 0 N–H and O–H groups in total. The van der Waals surface area contributed by atoms with Crippen LogP contribution in [0.1, 0.15) is 11.1 Å². The van der Waals surface area contributed by atoms with Gasteiger partial charge in [-0.3, -0.25) is 0 Å². The Labute approximate surface area is 99.2 Å². The lowest BCUT2D eigenvalue weighted by molar-refractivity contribution is 0.184. The lowest BCUT2D eigenvalue weighted by Crippen LogP contribution is -1.92. The van der Waals surface area contributed by atoms with E-state index in [0.717, 1.165) is 14.5 Å². The molecule has 0 aromatic heterocycles. The largest absolute Gasteiger partial charge is 0.380 e. The van der Waals surface area contributed by atoms with Gasteiger partial charge in [0.15, 0.2) is 0 Å². The molecule has 1 aromatic rings. The number of rotatable bonds is 3. The van der Waals surface area contributed by atoms with E-state index in [1.165, 1.54) is 12.1 Å². The van der Waals surface area contributed by atoms with Crippen molar-refractivity contribution in [1.29, 1.82) is 0 Å². The topological polar surface area (TPSA) is 9.23 Å². The van der Waals surface area contributed by atoms with E-state index >= 15 is 0 Å². The minimum absolute atomic E-state index is 0.250. The zero-order valence-corrected chi connectivity index (χ0v) is 10.7. The Kier molecular flexibility index (Phi) is 4.78.